The van der Waals surface area contributed by atoms with Crippen molar-refractivity contribution in [3.05, 3.63) is 33.9 Å². The Hall–Kier alpha value is -1.48. The Balaban J connectivity index is 3.47. The number of carboxylic acids is 1. The van der Waals surface area contributed by atoms with E-state index in [-0.39, 0.29) is 0 Å². The third-order valence-corrected chi connectivity index (χ3v) is 3.69. The van der Waals surface area contributed by atoms with E-state index >= 15 is 0 Å². The fourth-order valence-corrected chi connectivity index (χ4v) is 2.30. The molecule has 0 bridgehead atoms. The summed E-state index contributed by atoms with van der Waals surface area (Å²) in [6.07, 6.45) is 2.73. The number of aryl methyl sites for hydroxylation is 1. The van der Waals surface area contributed by atoms with Crippen LogP contribution in [0.15, 0.2) is 12.1 Å². The van der Waals surface area contributed by atoms with Crippen molar-refractivity contribution in [2.75, 3.05) is 6.61 Å². The van der Waals surface area contributed by atoms with Gasteiger partial charge in [-0.2, -0.15) is 0 Å². The van der Waals surface area contributed by atoms with Crippen LogP contribution in [-0.4, -0.2) is 17.7 Å². The lowest BCUT2D eigenvalue weighted by Crippen LogP contribution is -2.03. The van der Waals surface area contributed by atoms with Gasteiger partial charge in [-0.15, -0.1) is 0 Å². The molecule has 0 spiro atoms. The highest BCUT2D eigenvalue weighted by Crippen LogP contribution is 2.37. The number of hydrogen-bond acceptors (Lipinski definition) is 2. The maximum atomic E-state index is 11.0. The molecular formula is C16H21ClO3. The summed E-state index contributed by atoms with van der Waals surface area (Å²) in [5.74, 6) is -0.250. The van der Waals surface area contributed by atoms with Crippen molar-refractivity contribution in [3.63, 3.8) is 0 Å². The zero-order valence-electron chi connectivity index (χ0n) is 12.4. The molecule has 0 fully saturated rings. The fraction of sp³-hybridized carbons (Fsp3) is 0.438. The Kier molecular flexibility index (Phi) is 6.08. The molecular weight excluding hydrogens is 276 g/mol. The molecule has 1 N–H and O–H groups in total. The summed E-state index contributed by atoms with van der Waals surface area (Å²) in [6, 6.07) is 1.88. The topological polar surface area (TPSA) is 46.5 Å². The maximum absolute atomic E-state index is 11.0. The first-order chi connectivity index (χ1) is 9.42. The SMILES string of the molecule is CCCOc1cc(C)c(Cl)c(C)c1/C(=C/C(=O)O)CC. The molecule has 0 atom stereocenters. The van der Waals surface area contributed by atoms with Gasteiger partial charge in [0.05, 0.1) is 6.61 Å². The summed E-state index contributed by atoms with van der Waals surface area (Å²) in [6.45, 7) is 8.37. The van der Waals surface area contributed by atoms with Crippen LogP contribution in [-0.2, 0) is 4.79 Å². The lowest BCUT2D eigenvalue weighted by molar-refractivity contribution is -0.131. The Morgan fingerprint density at radius 2 is 2.05 bits per heavy atom. The normalized spacial score (nSPS) is 11.6. The molecule has 1 rings (SSSR count). The van der Waals surface area contributed by atoms with Crippen LogP contribution >= 0.6 is 11.6 Å². The van der Waals surface area contributed by atoms with E-state index in [1.54, 1.807) is 0 Å². The second-order valence-electron chi connectivity index (χ2n) is 4.72. The predicted molar refractivity (Wildman–Crippen MR) is 82.6 cm³/mol. The standard InChI is InChI=1S/C16H21ClO3/c1-5-7-20-13-8-10(3)16(17)11(4)15(13)12(6-2)9-14(18)19/h8-9H,5-7H2,1-4H3,(H,18,19)/b12-9+. The van der Waals surface area contributed by atoms with Gasteiger partial charge < -0.3 is 9.84 Å². The second-order valence-corrected chi connectivity index (χ2v) is 5.09. The van der Waals surface area contributed by atoms with Crippen molar-refractivity contribution in [3.8, 4) is 5.75 Å². The quantitative estimate of drug-likeness (QED) is 0.779. The van der Waals surface area contributed by atoms with E-state index in [2.05, 4.69) is 0 Å². The zero-order valence-corrected chi connectivity index (χ0v) is 13.2. The largest absolute Gasteiger partial charge is 0.493 e. The van der Waals surface area contributed by atoms with Gasteiger partial charge in [-0.05, 0) is 49.5 Å². The van der Waals surface area contributed by atoms with Crippen molar-refractivity contribution in [2.45, 2.75) is 40.5 Å². The van der Waals surface area contributed by atoms with E-state index < -0.39 is 5.97 Å². The van der Waals surface area contributed by atoms with Gasteiger partial charge in [0.25, 0.3) is 0 Å². The molecule has 110 valence electrons. The van der Waals surface area contributed by atoms with Crippen LogP contribution in [0, 0.1) is 13.8 Å². The van der Waals surface area contributed by atoms with E-state index in [1.165, 1.54) is 6.08 Å². The monoisotopic (exact) mass is 296 g/mol. The molecule has 0 aliphatic heterocycles. The van der Waals surface area contributed by atoms with Gasteiger partial charge in [-0.3, -0.25) is 0 Å². The van der Waals surface area contributed by atoms with E-state index in [9.17, 15) is 4.79 Å². The van der Waals surface area contributed by atoms with Crippen LogP contribution in [0.3, 0.4) is 0 Å². The lowest BCUT2D eigenvalue weighted by atomic mass is 9.95. The smallest absolute Gasteiger partial charge is 0.328 e. The third kappa shape index (κ3) is 3.76. The summed E-state index contributed by atoms with van der Waals surface area (Å²) >= 11 is 6.30. The van der Waals surface area contributed by atoms with Gasteiger partial charge in [-0.1, -0.05) is 25.4 Å². The molecule has 0 heterocycles. The molecule has 0 radical (unpaired) electrons. The summed E-state index contributed by atoms with van der Waals surface area (Å²) < 4.78 is 5.77. The molecule has 0 aromatic heterocycles. The summed E-state index contributed by atoms with van der Waals surface area (Å²) in [5.41, 5.74) is 3.33. The molecule has 0 aliphatic carbocycles. The van der Waals surface area contributed by atoms with Gasteiger partial charge >= 0.3 is 5.97 Å². The zero-order chi connectivity index (χ0) is 15.3. The molecule has 20 heavy (non-hydrogen) atoms. The van der Waals surface area contributed by atoms with E-state index in [0.717, 1.165) is 28.7 Å². The molecule has 1 aromatic rings. The van der Waals surface area contributed by atoms with E-state index in [4.69, 9.17) is 21.4 Å². The molecule has 0 aliphatic rings. The van der Waals surface area contributed by atoms with Crippen LogP contribution in [0.5, 0.6) is 5.75 Å². The van der Waals surface area contributed by atoms with Crippen LogP contribution in [0.4, 0.5) is 0 Å². The highest BCUT2D eigenvalue weighted by Gasteiger charge is 2.16. The summed E-state index contributed by atoms with van der Waals surface area (Å²) in [4.78, 5) is 11.0. The minimum Gasteiger partial charge on any atom is -0.493 e. The average molecular weight is 297 g/mol. The molecule has 0 saturated carbocycles. The number of carboxylic acid groups (broad SMARTS) is 1. The van der Waals surface area contributed by atoms with Crippen LogP contribution in [0.1, 0.15) is 43.4 Å². The highest BCUT2D eigenvalue weighted by molar-refractivity contribution is 6.32. The second kappa shape index (κ2) is 7.34. The van der Waals surface area contributed by atoms with Crippen molar-refractivity contribution in [1.82, 2.24) is 0 Å². The average Bonchev–Trinajstić information content (AvgIpc) is 2.40. The molecule has 0 unspecified atom stereocenters. The number of ether oxygens (including phenoxy) is 1. The predicted octanol–water partition coefficient (Wildman–Crippen LogP) is 4.62. The maximum Gasteiger partial charge on any atom is 0.328 e. The number of carbonyl (C=O) groups is 1. The van der Waals surface area contributed by atoms with Crippen molar-refractivity contribution in [2.24, 2.45) is 0 Å². The highest BCUT2D eigenvalue weighted by atomic mass is 35.5. The van der Waals surface area contributed by atoms with Crippen molar-refractivity contribution >= 4 is 23.1 Å². The van der Waals surface area contributed by atoms with Gasteiger partial charge in [0.2, 0.25) is 0 Å². The number of halogens is 1. The molecule has 4 heteroatoms. The van der Waals surface area contributed by atoms with E-state index in [0.29, 0.717) is 23.8 Å². The minimum absolute atomic E-state index is 0.595. The number of allylic oxidation sites excluding steroid dienone is 1. The number of aliphatic carboxylic acids is 1. The Morgan fingerprint density at radius 1 is 1.40 bits per heavy atom. The van der Waals surface area contributed by atoms with Crippen molar-refractivity contribution < 1.29 is 14.6 Å². The van der Waals surface area contributed by atoms with Crippen LogP contribution in [0.25, 0.3) is 5.57 Å². The molecule has 0 amide bonds. The minimum atomic E-state index is -0.959. The van der Waals surface area contributed by atoms with Crippen LogP contribution in [0.2, 0.25) is 5.02 Å². The number of hydrogen-bond donors (Lipinski definition) is 1. The molecule has 0 saturated heterocycles. The van der Waals surface area contributed by atoms with E-state index in [1.807, 2.05) is 33.8 Å². The fourth-order valence-electron chi connectivity index (χ4n) is 2.15. The van der Waals surface area contributed by atoms with Crippen LogP contribution < -0.4 is 4.74 Å². The first kappa shape index (κ1) is 16.6. The van der Waals surface area contributed by atoms with Gasteiger partial charge in [0, 0.05) is 16.7 Å². The Labute approximate surface area is 125 Å². The molecule has 1 aromatic carbocycles. The first-order valence-corrected chi connectivity index (χ1v) is 7.16. The molecule has 3 nitrogen and oxygen atoms in total. The number of rotatable bonds is 6. The summed E-state index contributed by atoms with van der Waals surface area (Å²) in [5, 5.41) is 9.67. The van der Waals surface area contributed by atoms with Crippen molar-refractivity contribution in [1.29, 1.82) is 0 Å². The lowest BCUT2D eigenvalue weighted by Gasteiger charge is -2.18. The Morgan fingerprint density at radius 3 is 2.55 bits per heavy atom. The van der Waals surface area contributed by atoms with Gasteiger partial charge in [0.15, 0.2) is 0 Å². The van der Waals surface area contributed by atoms with Gasteiger partial charge in [0.1, 0.15) is 5.75 Å². The Bertz CT molecular complexity index is 533. The van der Waals surface area contributed by atoms with Gasteiger partial charge in [-0.25, -0.2) is 4.79 Å². The first-order valence-electron chi connectivity index (χ1n) is 6.78. The number of benzene rings is 1. The summed E-state index contributed by atoms with van der Waals surface area (Å²) in [7, 11) is 0. The third-order valence-electron chi connectivity index (χ3n) is 3.11.